The molecule has 0 atom stereocenters. The molecule has 1 aromatic heterocycles. The number of nitrogens with zero attached hydrogens (tertiary/aromatic N) is 3. The van der Waals surface area contributed by atoms with Crippen LogP contribution in [-0.4, -0.2) is 20.8 Å². The summed E-state index contributed by atoms with van der Waals surface area (Å²) in [4.78, 5) is 11.6. The predicted octanol–water partition coefficient (Wildman–Crippen LogP) is 1.29. The Bertz CT molecular complexity index is 493. The van der Waals surface area contributed by atoms with Gasteiger partial charge in [0, 0.05) is 6.42 Å². The molecule has 0 saturated carbocycles. The number of aromatic nitrogens is 3. The molecular formula is C12H14N4O. The van der Waals surface area contributed by atoms with E-state index in [-0.39, 0.29) is 5.91 Å². The summed E-state index contributed by atoms with van der Waals surface area (Å²) in [6, 6.07) is 8.07. The largest absolute Gasteiger partial charge is 0.273 e. The first-order valence-electron chi connectivity index (χ1n) is 5.44. The van der Waals surface area contributed by atoms with E-state index in [1.807, 2.05) is 31.2 Å². The lowest BCUT2D eigenvalue weighted by Gasteiger charge is -2.06. The lowest BCUT2D eigenvalue weighted by atomic mass is 10.0. The summed E-state index contributed by atoms with van der Waals surface area (Å²) in [5.41, 5.74) is 5.08. The van der Waals surface area contributed by atoms with E-state index in [0.29, 0.717) is 6.42 Å². The molecule has 2 rings (SSSR count). The van der Waals surface area contributed by atoms with E-state index >= 15 is 0 Å². The van der Waals surface area contributed by atoms with Crippen molar-refractivity contribution in [2.24, 2.45) is 0 Å². The van der Waals surface area contributed by atoms with E-state index in [1.54, 1.807) is 0 Å². The Morgan fingerprint density at radius 3 is 2.71 bits per heavy atom. The third-order valence-corrected chi connectivity index (χ3v) is 2.56. The number of hydrogen-bond acceptors (Lipinski definition) is 3. The number of rotatable bonds is 4. The van der Waals surface area contributed by atoms with Crippen LogP contribution in [0.3, 0.4) is 0 Å². The first-order chi connectivity index (χ1) is 8.25. The Morgan fingerprint density at radius 1 is 1.29 bits per heavy atom. The van der Waals surface area contributed by atoms with Gasteiger partial charge in [-0.05, 0) is 24.5 Å². The van der Waals surface area contributed by atoms with E-state index in [2.05, 4.69) is 15.6 Å². The fourth-order valence-corrected chi connectivity index (χ4v) is 1.60. The summed E-state index contributed by atoms with van der Waals surface area (Å²) in [5.74, 6) is -0.0481. The molecule has 1 heterocycles. The van der Waals surface area contributed by atoms with Crippen LogP contribution in [0.15, 0.2) is 36.9 Å². The van der Waals surface area contributed by atoms with Crippen LogP contribution in [0.5, 0.6) is 0 Å². The van der Waals surface area contributed by atoms with Gasteiger partial charge in [-0.25, -0.2) is 4.68 Å². The standard InChI is InChI=1S/C12H14N4O/c1-10-4-2-3-5-11(10)6-7-12(17)15-16-8-13-14-9-16/h2-5,8-9H,6-7H2,1H3,(H,15,17). The molecule has 0 aliphatic carbocycles. The lowest BCUT2D eigenvalue weighted by molar-refractivity contribution is -0.117. The molecule has 5 heteroatoms. The van der Waals surface area contributed by atoms with E-state index in [0.717, 1.165) is 6.42 Å². The molecule has 2 aromatic rings. The number of carbonyl (C=O) groups is 1. The zero-order valence-electron chi connectivity index (χ0n) is 9.63. The molecule has 0 aliphatic rings. The molecule has 88 valence electrons. The molecule has 1 amide bonds. The molecule has 1 aromatic carbocycles. The van der Waals surface area contributed by atoms with Gasteiger partial charge >= 0.3 is 0 Å². The van der Waals surface area contributed by atoms with Gasteiger partial charge in [-0.2, -0.15) is 0 Å². The molecule has 0 spiro atoms. The highest BCUT2D eigenvalue weighted by molar-refractivity contribution is 5.83. The summed E-state index contributed by atoms with van der Waals surface area (Å²) in [7, 11) is 0. The molecule has 1 N–H and O–H groups in total. The minimum Gasteiger partial charge on any atom is -0.273 e. The number of aryl methyl sites for hydroxylation is 2. The third kappa shape index (κ3) is 3.14. The van der Waals surface area contributed by atoms with Crippen molar-refractivity contribution in [3.8, 4) is 0 Å². The monoisotopic (exact) mass is 230 g/mol. The minimum atomic E-state index is -0.0481. The number of benzene rings is 1. The molecule has 0 fully saturated rings. The smallest absolute Gasteiger partial charge is 0.239 e. The van der Waals surface area contributed by atoms with Gasteiger partial charge in [-0.15, -0.1) is 10.2 Å². The summed E-state index contributed by atoms with van der Waals surface area (Å²) < 4.78 is 1.44. The summed E-state index contributed by atoms with van der Waals surface area (Å²) in [5, 5.41) is 7.21. The van der Waals surface area contributed by atoms with Crippen molar-refractivity contribution in [1.82, 2.24) is 14.9 Å². The summed E-state index contributed by atoms with van der Waals surface area (Å²) >= 11 is 0. The zero-order chi connectivity index (χ0) is 12.1. The number of carbonyl (C=O) groups excluding carboxylic acids is 1. The fourth-order valence-electron chi connectivity index (χ4n) is 1.60. The van der Waals surface area contributed by atoms with Crippen LogP contribution in [0.2, 0.25) is 0 Å². The summed E-state index contributed by atoms with van der Waals surface area (Å²) in [6.45, 7) is 2.05. The van der Waals surface area contributed by atoms with Gasteiger partial charge < -0.3 is 0 Å². The first kappa shape index (κ1) is 11.3. The van der Waals surface area contributed by atoms with Crippen molar-refractivity contribution in [1.29, 1.82) is 0 Å². The highest BCUT2D eigenvalue weighted by Gasteiger charge is 2.04. The van der Waals surface area contributed by atoms with Gasteiger partial charge in [0.1, 0.15) is 12.7 Å². The molecule has 0 aliphatic heterocycles. The van der Waals surface area contributed by atoms with Gasteiger partial charge in [-0.3, -0.25) is 10.2 Å². The van der Waals surface area contributed by atoms with Crippen molar-refractivity contribution in [3.63, 3.8) is 0 Å². The third-order valence-electron chi connectivity index (χ3n) is 2.56. The summed E-state index contributed by atoms with van der Waals surface area (Å²) in [6.07, 6.45) is 4.08. The van der Waals surface area contributed by atoms with Gasteiger partial charge in [0.05, 0.1) is 0 Å². The predicted molar refractivity (Wildman–Crippen MR) is 63.9 cm³/mol. The Kier molecular flexibility index (Phi) is 3.49. The van der Waals surface area contributed by atoms with Gasteiger partial charge in [0.25, 0.3) is 0 Å². The van der Waals surface area contributed by atoms with Crippen LogP contribution in [0, 0.1) is 6.92 Å². The second kappa shape index (κ2) is 5.25. The Morgan fingerprint density at radius 2 is 2.00 bits per heavy atom. The SMILES string of the molecule is Cc1ccccc1CCC(=O)Nn1cnnc1. The van der Waals surface area contributed by atoms with E-state index < -0.39 is 0 Å². The lowest BCUT2D eigenvalue weighted by Crippen LogP contribution is -2.21. The van der Waals surface area contributed by atoms with Gasteiger partial charge in [0.15, 0.2) is 0 Å². The average molecular weight is 230 g/mol. The van der Waals surface area contributed by atoms with Crippen molar-refractivity contribution in [2.45, 2.75) is 19.8 Å². The van der Waals surface area contributed by atoms with Crippen LogP contribution in [0.1, 0.15) is 17.5 Å². The highest BCUT2D eigenvalue weighted by Crippen LogP contribution is 2.09. The second-order valence-electron chi connectivity index (χ2n) is 3.83. The van der Waals surface area contributed by atoms with Crippen molar-refractivity contribution < 1.29 is 4.79 Å². The molecule has 0 radical (unpaired) electrons. The highest BCUT2D eigenvalue weighted by atomic mass is 16.2. The maximum absolute atomic E-state index is 11.6. The Balaban J connectivity index is 1.86. The second-order valence-corrected chi connectivity index (χ2v) is 3.83. The number of amides is 1. The maximum atomic E-state index is 11.6. The van der Waals surface area contributed by atoms with Crippen LogP contribution in [0.4, 0.5) is 0 Å². The van der Waals surface area contributed by atoms with Crippen molar-refractivity contribution in [3.05, 3.63) is 48.0 Å². The first-order valence-corrected chi connectivity index (χ1v) is 5.44. The van der Waals surface area contributed by atoms with E-state index in [9.17, 15) is 4.79 Å². The van der Waals surface area contributed by atoms with Crippen LogP contribution < -0.4 is 5.43 Å². The molecule has 5 nitrogen and oxygen atoms in total. The minimum absolute atomic E-state index is 0.0481. The van der Waals surface area contributed by atoms with Crippen LogP contribution in [0.25, 0.3) is 0 Å². The van der Waals surface area contributed by atoms with Gasteiger partial charge in [0.2, 0.25) is 5.91 Å². The van der Waals surface area contributed by atoms with Gasteiger partial charge in [-0.1, -0.05) is 24.3 Å². The Labute approximate surface area is 99.5 Å². The molecule has 0 unspecified atom stereocenters. The van der Waals surface area contributed by atoms with E-state index in [1.165, 1.54) is 28.5 Å². The number of hydrogen-bond donors (Lipinski definition) is 1. The molecule has 0 bridgehead atoms. The van der Waals surface area contributed by atoms with E-state index in [4.69, 9.17) is 0 Å². The quantitative estimate of drug-likeness (QED) is 0.861. The Hall–Kier alpha value is -2.17. The van der Waals surface area contributed by atoms with Crippen LogP contribution >= 0.6 is 0 Å². The normalized spacial score (nSPS) is 10.2. The van der Waals surface area contributed by atoms with Crippen molar-refractivity contribution in [2.75, 3.05) is 5.43 Å². The molecular weight excluding hydrogens is 216 g/mol. The van der Waals surface area contributed by atoms with Crippen LogP contribution in [-0.2, 0) is 11.2 Å². The van der Waals surface area contributed by atoms with Crippen molar-refractivity contribution >= 4 is 5.91 Å². The molecule has 17 heavy (non-hydrogen) atoms. The number of nitrogens with one attached hydrogen (secondary N) is 1. The molecule has 0 saturated heterocycles. The topological polar surface area (TPSA) is 59.8 Å². The fraction of sp³-hybridized carbons (Fsp3) is 0.250. The average Bonchev–Trinajstić information content (AvgIpc) is 2.81. The maximum Gasteiger partial charge on any atom is 0.239 e. The zero-order valence-corrected chi connectivity index (χ0v) is 9.63.